The molecule has 90 valence electrons. The van der Waals surface area contributed by atoms with Crippen molar-refractivity contribution in [1.29, 1.82) is 0 Å². The lowest BCUT2D eigenvalue weighted by molar-refractivity contribution is -0.0968. The van der Waals surface area contributed by atoms with Crippen LogP contribution in [0.1, 0.15) is 11.1 Å². The molecule has 2 heteroatoms. The van der Waals surface area contributed by atoms with E-state index in [0.29, 0.717) is 0 Å². The third kappa shape index (κ3) is 3.73. The molecule has 0 spiro atoms. The molecule has 2 aromatic carbocycles. The van der Waals surface area contributed by atoms with Gasteiger partial charge in [0.1, 0.15) is 6.04 Å². The summed E-state index contributed by atoms with van der Waals surface area (Å²) >= 11 is 0. The van der Waals surface area contributed by atoms with Gasteiger partial charge in [0.15, 0.2) is 0 Å². The smallest absolute Gasteiger partial charge is 0.289 e. The van der Waals surface area contributed by atoms with Gasteiger partial charge in [-0.1, -0.05) is 65.9 Å². The second-order valence-corrected chi connectivity index (χ2v) is 4.25. The zero-order valence-corrected chi connectivity index (χ0v) is 10.3. The topological polar surface area (TPSA) is 35.8 Å². The van der Waals surface area contributed by atoms with E-state index in [1.54, 1.807) is 0 Å². The molecule has 0 fully saturated rings. The Labute approximate surface area is 108 Å². The predicted octanol–water partition coefficient (Wildman–Crippen LogP) is 1.16. The molecule has 0 saturated heterocycles. The maximum Gasteiger partial charge on any atom is 0.289 e. The lowest BCUT2D eigenvalue weighted by Gasteiger charge is -2.09. The van der Waals surface area contributed by atoms with Gasteiger partial charge in [0.2, 0.25) is 0 Å². The molecule has 18 heavy (non-hydrogen) atoms. The molecule has 2 aromatic rings. The van der Waals surface area contributed by atoms with Crippen molar-refractivity contribution in [3.63, 3.8) is 0 Å². The van der Waals surface area contributed by atoms with Crippen molar-refractivity contribution in [2.45, 2.75) is 19.0 Å². The largest absolute Gasteiger partial charge is 0.294 e. The molecule has 0 saturated carbocycles. The van der Waals surface area contributed by atoms with Crippen LogP contribution in [0, 0.1) is 6.07 Å². The summed E-state index contributed by atoms with van der Waals surface area (Å²) in [5.41, 5.74) is 2.45. The summed E-state index contributed by atoms with van der Waals surface area (Å²) in [5, 5.41) is 10.7. The Balaban J connectivity index is 1.89. The minimum atomic E-state index is -0.0346. The average Bonchev–Trinajstić information content (AvgIpc) is 2.45. The second kappa shape index (κ2) is 6.58. The first-order chi connectivity index (χ1) is 8.88. The number of rotatable bonds is 5. The van der Waals surface area contributed by atoms with Crippen LogP contribution in [-0.4, -0.2) is 6.04 Å². The van der Waals surface area contributed by atoms with Gasteiger partial charge in [-0.05, 0) is 11.1 Å². The van der Waals surface area contributed by atoms with Crippen LogP contribution >= 0.6 is 0 Å². The zero-order chi connectivity index (χ0) is 12.6. The second-order valence-electron chi connectivity index (χ2n) is 4.25. The van der Waals surface area contributed by atoms with Crippen LogP contribution in [0.2, 0.25) is 0 Å². The molecule has 0 aromatic heterocycles. The molecule has 0 bridgehead atoms. The summed E-state index contributed by atoms with van der Waals surface area (Å²) < 4.78 is 0. The summed E-state index contributed by atoms with van der Waals surface area (Å²) in [6, 6.07) is 22.9. The molecule has 2 rings (SSSR count). The SMILES string of the molecule is [NH+]#C[C@@H](Cc1ccccc1)NCc1ccccc1. The van der Waals surface area contributed by atoms with Crippen LogP contribution in [0.4, 0.5) is 0 Å². The molecule has 0 aliphatic heterocycles. The van der Waals surface area contributed by atoms with Crippen LogP contribution in [0.3, 0.4) is 0 Å². The van der Waals surface area contributed by atoms with Gasteiger partial charge in [-0.3, -0.25) is 5.32 Å². The molecular weight excluding hydrogens is 220 g/mol. The van der Waals surface area contributed by atoms with Crippen molar-refractivity contribution in [3.8, 4) is 6.07 Å². The van der Waals surface area contributed by atoms with Crippen LogP contribution < -0.4 is 10.6 Å². The van der Waals surface area contributed by atoms with Gasteiger partial charge in [-0.15, -0.1) is 0 Å². The Morgan fingerprint density at radius 2 is 1.44 bits per heavy atom. The maximum absolute atomic E-state index is 7.36. The van der Waals surface area contributed by atoms with E-state index in [4.69, 9.17) is 5.26 Å². The predicted molar refractivity (Wildman–Crippen MR) is 72.1 cm³/mol. The molecule has 0 amide bonds. The summed E-state index contributed by atoms with van der Waals surface area (Å²) in [7, 11) is 0. The van der Waals surface area contributed by atoms with Crippen LogP contribution in [0.25, 0.3) is 0 Å². The van der Waals surface area contributed by atoms with E-state index in [2.05, 4.69) is 35.7 Å². The van der Waals surface area contributed by atoms with Gasteiger partial charge < -0.3 is 0 Å². The number of hydrogen-bond donors (Lipinski definition) is 2. The minimum Gasteiger partial charge on any atom is -0.294 e. The Kier molecular flexibility index (Phi) is 4.52. The van der Waals surface area contributed by atoms with Crippen molar-refractivity contribution in [2.24, 2.45) is 0 Å². The van der Waals surface area contributed by atoms with Gasteiger partial charge in [0.05, 0.1) is 0 Å². The van der Waals surface area contributed by atoms with E-state index in [1.165, 1.54) is 11.1 Å². The Hall–Kier alpha value is -2.11. The standard InChI is InChI=1S/C16H16N2/c17-12-16(11-14-7-3-1-4-8-14)18-13-15-9-5-2-6-10-15/h1-10,16,18H,11,13H2/p+1/t16-/m1/s1. The third-order valence-corrected chi connectivity index (χ3v) is 2.85. The molecule has 0 heterocycles. The number of nitrogens with one attached hydrogen (secondary N) is 2. The van der Waals surface area contributed by atoms with Crippen molar-refractivity contribution >= 4 is 0 Å². The van der Waals surface area contributed by atoms with Gasteiger partial charge in [0.25, 0.3) is 6.07 Å². The van der Waals surface area contributed by atoms with Crippen LogP contribution in [0.15, 0.2) is 60.7 Å². The van der Waals surface area contributed by atoms with Gasteiger partial charge in [0, 0.05) is 13.0 Å². The van der Waals surface area contributed by atoms with Crippen molar-refractivity contribution in [2.75, 3.05) is 0 Å². The Morgan fingerprint density at radius 1 is 0.889 bits per heavy atom. The van der Waals surface area contributed by atoms with E-state index >= 15 is 0 Å². The summed E-state index contributed by atoms with van der Waals surface area (Å²) in [6.07, 6.45) is 0.803. The van der Waals surface area contributed by atoms with Gasteiger partial charge in [-0.2, -0.15) is 0 Å². The third-order valence-electron chi connectivity index (χ3n) is 2.85. The Morgan fingerprint density at radius 3 is 2.00 bits per heavy atom. The molecule has 0 aliphatic carbocycles. The molecule has 0 radical (unpaired) electrons. The maximum atomic E-state index is 7.36. The van der Waals surface area contributed by atoms with Crippen molar-refractivity contribution in [3.05, 3.63) is 71.8 Å². The van der Waals surface area contributed by atoms with Gasteiger partial charge >= 0.3 is 0 Å². The molecule has 1 atom stereocenters. The highest BCUT2D eigenvalue weighted by Crippen LogP contribution is 2.04. The number of hydrogen-bond acceptors (Lipinski definition) is 1. The van der Waals surface area contributed by atoms with Crippen LogP contribution in [-0.2, 0) is 13.0 Å². The summed E-state index contributed by atoms with van der Waals surface area (Å²) in [5.74, 6) is 0. The van der Waals surface area contributed by atoms with Gasteiger partial charge in [-0.25, -0.2) is 0 Å². The fraction of sp³-hybridized carbons (Fsp3) is 0.188. The average molecular weight is 237 g/mol. The van der Waals surface area contributed by atoms with E-state index in [9.17, 15) is 0 Å². The van der Waals surface area contributed by atoms with Crippen molar-refractivity contribution in [1.82, 2.24) is 5.32 Å². The summed E-state index contributed by atoms with van der Waals surface area (Å²) in [6.45, 7) is 0.768. The quantitative estimate of drug-likeness (QED) is 0.804. The van der Waals surface area contributed by atoms with E-state index in [-0.39, 0.29) is 6.04 Å². The molecule has 0 unspecified atom stereocenters. The fourth-order valence-corrected chi connectivity index (χ4v) is 1.86. The lowest BCUT2D eigenvalue weighted by atomic mass is 10.1. The highest BCUT2D eigenvalue weighted by atomic mass is 14.9. The highest BCUT2D eigenvalue weighted by molar-refractivity contribution is 5.18. The highest BCUT2D eigenvalue weighted by Gasteiger charge is 2.10. The minimum absolute atomic E-state index is 0.0346. The zero-order valence-electron chi connectivity index (χ0n) is 10.3. The first kappa shape index (κ1) is 12.3. The monoisotopic (exact) mass is 237 g/mol. The summed E-state index contributed by atoms with van der Waals surface area (Å²) in [4.78, 5) is 0. The first-order valence-electron chi connectivity index (χ1n) is 6.12. The van der Waals surface area contributed by atoms with E-state index < -0.39 is 0 Å². The normalized spacial score (nSPS) is 11.7. The van der Waals surface area contributed by atoms with E-state index in [1.807, 2.05) is 36.4 Å². The Bertz CT molecular complexity index is 500. The number of benzene rings is 2. The first-order valence-corrected chi connectivity index (χ1v) is 6.12. The molecule has 2 nitrogen and oxygen atoms in total. The fourth-order valence-electron chi connectivity index (χ4n) is 1.86. The van der Waals surface area contributed by atoms with E-state index in [0.717, 1.165) is 13.0 Å². The molecule has 0 aliphatic rings. The lowest BCUT2D eigenvalue weighted by Crippen LogP contribution is -2.35. The van der Waals surface area contributed by atoms with Crippen LogP contribution in [0.5, 0.6) is 0 Å². The van der Waals surface area contributed by atoms with Crippen molar-refractivity contribution < 1.29 is 5.26 Å². The molecular formula is C16H17N2+. The molecule has 2 N–H and O–H groups in total.